The molecule has 0 fully saturated rings. The Balaban J connectivity index is 1.82. The first-order chi connectivity index (χ1) is 8.78. The van der Waals surface area contributed by atoms with Crippen LogP contribution in [0, 0.1) is 0 Å². The van der Waals surface area contributed by atoms with Gasteiger partial charge in [0.05, 0.1) is 7.11 Å². The van der Waals surface area contributed by atoms with Crippen molar-refractivity contribution in [2.75, 3.05) is 7.11 Å². The van der Waals surface area contributed by atoms with E-state index in [0.717, 1.165) is 24.2 Å². The van der Waals surface area contributed by atoms with E-state index in [9.17, 15) is 0 Å². The minimum absolute atomic E-state index is 0.290. The van der Waals surface area contributed by atoms with Gasteiger partial charge in [0.25, 0.3) is 0 Å². The molecular weight excluding hydrogens is 228 g/mol. The van der Waals surface area contributed by atoms with E-state index in [0.29, 0.717) is 5.88 Å². The lowest BCUT2D eigenvalue weighted by atomic mass is 10.2. The van der Waals surface area contributed by atoms with Gasteiger partial charge in [-0.3, -0.25) is 0 Å². The van der Waals surface area contributed by atoms with Gasteiger partial charge in [-0.05, 0) is 23.3 Å². The number of aromatic nitrogens is 1. The van der Waals surface area contributed by atoms with Crippen molar-refractivity contribution < 1.29 is 9.84 Å². The molecule has 0 spiro atoms. The van der Waals surface area contributed by atoms with Crippen LogP contribution in [-0.4, -0.2) is 17.2 Å². The van der Waals surface area contributed by atoms with E-state index in [-0.39, 0.29) is 5.75 Å². The molecule has 1 heterocycles. The van der Waals surface area contributed by atoms with Crippen LogP contribution in [0.5, 0.6) is 11.6 Å². The molecule has 2 aromatic rings. The van der Waals surface area contributed by atoms with Crippen molar-refractivity contribution in [1.82, 2.24) is 10.3 Å². The number of methoxy groups -OCH3 is 1. The number of ether oxygens (including phenoxy) is 1. The van der Waals surface area contributed by atoms with E-state index >= 15 is 0 Å². The molecule has 4 heteroatoms. The smallest absolute Gasteiger partial charge is 0.212 e. The largest absolute Gasteiger partial charge is 0.508 e. The molecule has 0 amide bonds. The molecule has 0 saturated heterocycles. The molecule has 0 atom stereocenters. The number of rotatable bonds is 5. The van der Waals surface area contributed by atoms with Crippen molar-refractivity contribution in [3.8, 4) is 11.6 Å². The molecule has 1 aromatic heterocycles. The van der Waals surface area contributed by atoms with Crippen molar-refractivity contribution in [3.63, 3.8) is 0 Å². The molecule has 2 rings (SSSR count). The molecule has 0 aliphatic rings. The highest BCUT2D eigenvalue weighted by atomic mass is 16.5. The van der Waals surface area contributed by atoms with Crippen molar-refractivity contribution in [1.29, 1.82) is 0 Å². The number of benzene rings is 1. The lowest BCUT2D eigenvalue weighted by molar-refractivity contribution is 0.397. The molecule has 94 valence electrons. The average molecular weight is 244 g/mol. The second kappa shape index (κ2) is 6.02. The summed E-state index contributed by atoms with van der Waals surface area (Å²) in [6.45, 7) is 1.50. The number of nitrogens with one attached hydrogen (secondary N) is 1. The summed E-state index contributed by atoms with van der Waals surface area (Å²) in [5.74, 6) is 0.912. The van der Waals surface area contributed by atoms with E-state index < -0.39 is 0 Å². The van der Waals surface area contributed by atoms with Crippen LogP contribution in [0.4, 0.5) is 0 Å². The lowest BCUT2D eigenvalue weighted by Gasteiger charge is -2.05. The number of phenols is 1. The van der Waals surface area contributed by atoms with Crippen molar-refractivity contribution in [3.05, 3.63) is 53.7 Å². The van der Waals surface area contributed by atoms with Crippen LogP contribution in [-0.2, 0) is 13.1 Å². The Morgan fingerprint density at radius 1 is 1.06 bits per heavy atom. The van der Waals surface area contributed by atoms with Crippen LogP contribution in [0.15, 0.2) is 42.6 Å². The zero-order chi connectivity index (χ0) is 12.8. The summed E-state index contributed by atoms with van der Waals surface area (Å²) >= 11 is 0. The molecular formula is C14H16N2O2. The van der Waals surface area contributed by atoms with Gasteiger partial charge in [0.2, 0.25) is 5.88 Å². The normalized spacial score (nSPS) is 10.3. The van der Waals surface area contributed by atoms with Crippen molar-refractivity contribution in [2.24, 2.45) is 0 Å². The molecule has 4 nitrogen and oxygen atoms in total. The van der Waals surface area contributed by atoms with Crippen LogP contribution in [0.2, 0.25) is 0 Å². The summed E-state index contributed by atoms with van der Waals surface area (Å²) in [6.07, 6.45) is 1.79. The first-order valence-corrected chi connectivity index (χ1v) is 5.75. The first-order valence-electron chi connectivity index (χ1n) is 5.75. The molecule has 0 aliphatic heterocycles. The molecule has 0 bridgehead atoms. The van der Waals surface area contributed by atoms with E-state index in [4.69, 9.17) is 9.84 Å². The number of pyridine rings is 1. The van der Waals surface area contributed by atoms with E-state index in [1.807, 2.05) is 24.3 Å². The second-order valence-corrected chi connectivity index (χ2v) is 3.98. The third-order valence-corrected chi connectivity index (χ3v) is 2.60. The van der Waals surface area contributed by atoms with Crippen LogP contribution in [0.1, 0.15) is 11.1 Å². The summed E-state index contributed by atoms with van der Waals surface area (Å²) in [7, 11) is 1.60. The van der Waals surface area contributed by atoms with Gasteiger partial charge in [-0.2, -0.15) is 0 Å². The van der Waals surface area contributed by atoms with E-state index in [1.54, 1.807) is 25.4 Å². The SMILES string of the molecule is COc1ccc(CNCc2ccc(O)cc2)cn1. The third kappa shape index (κ3) is 3.46. The number of hydrogen-bond acceptors (Lipinski definition) is 4. The van der Waals surface area contributed by atoms with E-state index in [2.05, 4.69) is 10.3 Å². The quantitative estimate of drug-likeness (QED) is 0.845. The highest BCUT2D eigenvalue weighted by molar-refractivity contribution is 5.25. The van der Waals surface area contributed by atoms with Crippen LogP contribution in [0.25, 0.3) is 0 Å². The van der Waals surface area contributed by atoms with Gasteiger partial charge >= 0.3 is 0 Å². The van der Waals surface area contributed by atoms with Crippen molar-refractivity contribution >= 4 is 0 Å². The minimum Gasteiger partial charge on any atom is -0.508 e. The third-order valence-electron chi connectivity index (χ3n) is 2.60. The van der Waals surface area contributed by atoms with Crippen LogP contribution in [0.3, 0.4) is 0 Å². The summed E-state index contributed by atoms with van der Waals surface area (Å²) in [6, 6.07) is 11.0. The molecule has 0 radical (unpaired) electrons. The molecule has 0 aliphatic carbocycles. The number of hydrogen-bond donors (Lipinski definition) is 2. The predicted octanol–water partition coefficient (Wildman–Crippen LogP) is 2.09. The minimum atomic E-state index is 0.290. The summed E-state index contributed by atoms with van der Waals surface area (Å²) in [4.78, 5) is 4.14. The van der Waals surface area contributed by atoms with Gasteiger partial charge in [0.1, 0.15) is 5.75 Å². The van der Waals surface area contributed by atoms with E-state index in [1.165, 1.54) is 0 Å². The van der Waals surface area contributed by atoms with Gasteiger partial charge in [-0.15, -0.1) is 0 Å². The maximum absolute atomic E-state index is 9.17. The first kappa shape index (κ1) is 12.4. The summed E-state index contributed by atoms with van der Waals surface area (Å²) < 4.78 is 5.00. The highest BCUT2D eigenvalue weighted by Gasteiger charge is 1.96. The highest BCUT2D eigenvalue weighted by Crippen LogP contribution is 2.10. The van der Waals surface area contributed by atoms with Gasteiger partial charge in [0.15, 0.2) is 0 Å². The topological polar surface area (TPSA) is 54.4 Å². The monoisotopic (exact) mass is 244 g/mol. The molecule has 18 heavy (non-hydrogen) atoms. The van der Waals surface area contributed by atoms with Gasteiger partial charge in [0, 0.05) is 25.4 Å². The Hall–Kier alpha value is -2.07. The second-order valence-electron chi connectivity index (χ2n) is 3.98. The lowest BCUT2D eigenvalue weighted by Crippen LogP contribution is -2.12. The summed E-state index contributed by atoms with van der Waals surface area (Å²) in [5.41, 5.74) is 2.24. The standard InChI is InChI=1S/C14H16N2O2/c1-18-14-7-4-12(10-16-14)9-15-8-11-2-5-13(17)6-3-11/h2-7,10,15,17H,8-9H2,1H3. The zero-order valence-electron chi connectivity index (χ0n) is 10.3. The number of phenolic OH excluding ortho intramolecular Hbond substituents is 1. The molecule has 0 unspecified atom stereocenters. The maximum atomic E-state index is 9.17. The Kier molecular flexibility index (Phi) is 4.15. The Bertz CT molecular complexity index is 480. The van der Waals surface area contributed by atoms with Crippen LogP contribution < -0.4 is 10.1 Å². The zero-order valence-corrected chi connectivity index (χ0v) is 10.3. The Labute approximate surface area is 106 Å². The fraction of sp³-hybridized carbons (Fsp3) is 0.214. The number of aromatic hydroxyl groups is 1. The number of nitrogens with zero attached hydrogens (tertiary/aromatic N) is 1. The Morgan fingerprint density at radius 2 is 1.72 bits per heavy atom. The van der Waals surface area contributed by atoms with Gasteiger partial charge in [-0.1, -0.05) is 18.2 Å². The molecule has 0 saturated carbocycles. The average Bonchev–Trinajstić information content (AvgIpc) is 2.42. The van der Waals surface area contributed by atoms with Crippen molar-refractivity contribution in [2.45, 2.75) is 13.1 Å². The van der Waals surface area contributed by atoms with Gasteiger partial charge in [-0.25, -0.2) is 4.98 Å². The van der Waals surface area contributed by atoms with Gasteiger partial charge < -0.3 is 15.2 Å². The fourth-order valence-corrected chi connectivity index (χ4v) is 1.60. The summed E-state index contributed by atoms with van der Waals surface area (Å²) in [5, 5.41) is 12.5. The molecule has 1 aromatic carbocycles. The predicted molar refractivity (Wildman–Crippen MR) is 69.4 cm³/mol. The maximum Gasteiger partial charge on any atom is 0.212 e. The Morgan fingerprint density at radius 3 is 2.33 bits per heavy atom. The van der Waals surface area contributed by atoms with Crippen LogP contribution >= 0.6 is 0 Å². The molecule has 2 N–H and O–H groups in total. The fourth-order valence-electron chi connectivity index (χ4n) is 1.60.